The average Bonchev–Trinajstić information content (AvgIpc) is 3.63. The van der Waals surface area contributed by atoms with Crippen LogP contribution in [0.5, 0.6) is 11.5 Å². The molecule has 20 nitrogen and oxygen atoms in total. The van der Waals surface area contributed by atoms with Crippen LogP contribution in [0.15, 0.2) is 95.9 Å². The van der Waals surface area contributed by atoms with Crippen LogP contribution in [0, 0.1) is 16.7 Å². The first-order valence-electron chi connectivity index (χ1n) is 22.0. The van der Waals surface area contributed by atoms with Gasteiger partial charge in [-0.2, -0.15) is 16.8 Å². The molecular weight excluding hydrogens is 1010 g/mol. The molecule has 0 saturated carbocycles. The van der Waals surface area contributed by atoms with Gasteiger partial charge in [-0.1, -0.05) is 12.1 Å². The normalized spacial score (nSPS) is 17.3. The highest BCUT2D eigenvalue weighted by Gasteiger charge is 2.52. The molecule has 7 rings (SSSR count). The zero-order valence-electron chi connectivity index (χ0n) is 39.2. The highest BCUT2D eigenvalue weighted by molar-refractivity contribution is 9.10. The summed E-state index contributed by atoms with van der Waals surface area (Å²) < 4.78 is 80.5. The van der Waals surface area contributed by atoms with Crippen LogP contribution >= 0.6 is 15.9 Å². The molecule has 23 heteroatoms. The van der Waals surface area contributed by atoms with Gasteiger partial charge in [0.2, 0.25) is 0 Å². The van der Waals surface area contributed by atoms with E-state index >= 15 is 0 Å². The summed E-state index contributed by atoms with van der Waals surface area (Å²) in [5, 5.41) is 31.7. The standard InChI is InChI=1S/C24H26BrN3O3.C19H24N4O2.2C2H6O4S/c1-27-13-17-8-21-24(30-3,19-5-4-6-20(27)22(17)19)9-15(12-28(21)2)14-31-23(29)16-7-18(25)11-26-10-16;20-18(21)14-4-8-16(9-5-14)24-12-2-1-3-13-25-17-10-6-15(7-11-17)19(22)23;2*3-1-2-7(4,5)6/h4-7,10-11,13,15,21H,8-9,12,14H2,1-3H3;4-11H,1-3,12-13H2,(H3,20,21)(H3,22,23);2*3H,1-2H2,(H,4,5,6). The number of aryl methyl sites for hydroxylation is 1. The van der Waals surface area contributed by atoms with Crippen molar-refractivity contribution in [1.29, 1.82) is 10.8 Å². The molecule has 382 valence electrons. The van der Waals surface area contributed by atoms with E-state index in [1.54, 1.807) is 36.5 Å². The lowest BCUT2D eigenvalue weighted by Crippen LogP contribution is -2.59. The molecular formula is C47H62BrN7O13S2. The third kappa shape index (κ3) is 17.1. The minimum absolute atomic E-state index is 0.0579. The van der Waals surface area contributed by atoms with Gasteiger partial charge in [0.25, 0.3) is 20.2 Å². The molecule has 1 aliphatic heterocycles. The van der Waals surface area contributed by atoms with E-state index in [9.17, 15) is 21.6 Å². The number of hydrogen-bond acceptors (Lipinski definition) is 15. The Labute approximate surface area is 416 Å². The molecule has 2 aliphatic rings. The highest BCUT2D eigenvalue weighted by atomic mass is 79.9. The van der Waals surface area contributed by atoms with E-state index in [0.717, 1.165) is 54.6 Å². The number of nitrogen functional groups attached to an aromatic ring is 2. The number of esters is 1. The van der Waals surface area contributed by atoms with Crippen molar-refractivity contribution in [2.45, 2.75) is 43.7 Å². The Balaban J connectivity index is 0.000000243. The Bertz CT molecular complexity index is 2650. The molecule has 3 atom stereocenters. The van der Waals surface area contributed by atoms with Crippen molar-refractivity contribution < 1.29 is 59.9 Å². The topological polar surface area (TPSA) is 324 Å². The third-order valence-corrected chi connectivity index (χ3v) is 13.1. The molecule has 10 N–H and O–H groups in total. The summed E-state index contributed by atoms with van der Waals surface area (Å²) in [7, 11) is -1.78. The van der Waals surface area contributed by atoms with Gasteiger partial charge in [0.05, 0.1) is 50.1 Å². The summed E-state index contributed by atoms with van der Waals surface area (Å²) in [6, 6.07) is 22.9. The molecule has 0 spiro atoms. The van der Waals surface area contributed by atoms with Crippen LogP contribution in [0.3, 0.4) is 0 Å². The summed E-state index contributed by atoms with van der Waals surface area (Å²) in [6.45, 7) is 1.44. The lowest BCUT2D eigenvalue weighted by Gasteiger charge is -2.53. The number of aliphatic hydroxyl groups excluding tert-OH is 2. The molecule has 1 fully saturated rings. The van der Waals surface area contributed by atoms with Gasteiger partial charge in [0, 0.05) is 77.8 Å². The van der Waals surface area contributed by atoms with Gasteiger partial charge >= 0.3 is 5.97 Å². The van der Waals surface area contributed by atoms with E-state index in [1.165, 1.54) is 28.2 Å². The first kappa shape index (κ1) is 57.1. The number of methoxy groups -OCH3 is 1. The number of amidine groups is 2. The minimum atomic E-state index is -3.92. The second kappa shape index (κ2) is 26.6. The Morgan fingerprint density at radius 3 is 1.83 bits per heavy atom. The van der Waals surface area contributed by atoms with Crippen LogP contribution < -0.4 is 20.9 Å². The summed E-state index contributed by atoms with van der Waals surface area (Å²) >= 11 is 3.35. The molecule has 70 heavy (non-hydrogen) atoms. The molecule has 0 bridgehead atoms. The maximum Gasteiger partial charge on any atom is 0.339 e. The lowest BCUT2D eigenvalue weighted by molar-refractivity contribution is -0.131. The number of fused-ring (bicyclic) bond motifs is 2. The van der Waals surface area contributed by atoms with Crippen molar-refractivity contribution in [3.63, 3.8) is 0 Å². The number of halogens is 1. The van der Waals surface area contributed by atoms with Gasteiger partial charge in [0.15, 0.2) is 0 Å². The second-order valence-corrected chi connectivity index (χ2v) is 20.5. The van der Waals surface area contributed by atoms with Gasteiger partial charge in [-0.15, -0.1) is 0 Å². The molecule has 3 heterocycles. The van der Waals surface area contributed by atoms with E-state index in [4.69, 9.17) is 60.6 Å². The molecule has 5 aromatic rings. The van der Waals surface area contributed by atoms with Gasteiger partial charge in [-0.05, 0) is 127 Å². The predicted molar refractivity (Wildman–Crippen MR) is 269 cm³/mol. The number of carbonyl (C=O) groups excluding carboxylic acids is 1. The Morgan fingerprint density at radius 2 is 1.37 bits per heavy atom. The van der Waals surface area contributed by atoms with E-state index in [2.05, 4.69) is 68.9 Å². The van der Waals surface area contributed by atoms with Crippen molar-refractivity contribution in [3.8, 4) is 11.5 Å². The number of hydrogen-bond donors (Lipinski definition) is 8. The SMILES string of the molecule is COC12CC(COC(=O)c3cncc(Br)c3)CN(C)C1Cc1cn(C)c3cccc2c13.N=C(N)c1ccc(OCCCCCOc2ccc(C(=N)N)cc2)cc1.O=S(=O)(O)CCO.O=S(=O)(O)CCO. The van der Waals surface area contributed by atoms with Crippen molar-refractivity contribution in [1.82, 2.24) is 14.5 Å². The fraction of sp³-hybridized carbons (Fsp3) is 0.404. The first-order valence-corrected chi connectivity index (χ1v) is 26.0. The van der Waals surface area contributed by atoms with Crippen molar-refractivity contribution in [3.05, 3.63) is 124 Å². The second-order valence-electron chi connectivity index (χ2n) is 16.4. The molecule has 1 aliphatic carbocycles. The van der Waals surface area contributed by atoms with Crippen molar-refractivity contribution in [2.75, 3.05) is 65.2 Å². The van der Waals surface area contributed by atoms with Gasteiger partial charge in [0.1, 0.15) is 28.8 Å². The monoisotopic (exact) mass is 1080 g/mol. The molecule has 0 radical (unpaired) electrons. The number of likely N-dealkylation sites (tertiary alicyclic amines) is 1. The van der Waals surface area contributed by atoms with E-state index in [0.29, 0.717) is 36.5 Å². The number of nitrogens with one attached hydrogen (secondary N) is 2. The summed E-state index contributed by atoms with van der Waals surface area (Å²) in [4.78, 5) is 19.0. The molecule has 2 aromatic heterocycles. The maximum absolute atomic E-state index is 12.5. The number of rotatable bonds is 18. The zero-order valence-corrected chi connectivity index (χ0v) is 42.4. The fourth-order valence-electron chi connectivity index (χ4n) is 8.08. The van der Waals surface area contributed by atoms with Gasteiger partial charge in [-0.3, -0.25) is 29.8 Å². The van der Waals surface area contributed by atoms with Gasteiger partial charge < -0.3 is 45.2 Å². The van der Waals surface area contributed by atoms with Crippen LogP contribution in [0.2, 0.25) is 0 Å². The average molecular weight is 1080 g/mol. The minimum Gasteiger partial charge on any atom is -0.494 e. The number of aromatic nitrogens is 2. The van der Waals surface area contributed by atoms with Crippen LogP contribution in [-0.4, -0.2) is 140 Å². The fourth-order valence-corrected chi connectivity index (χ4v) is 8.91. The van der Waals surface area contributed by atoms with Gasteiger partial charge in [-0.25, -0.2) is 4.79 Å². The Morgan fingerprint density at radius 1 is 0.829 bits per heavy atom. The Hall–Kier alpha value is -5.50. The molecule has 3 unspecified atom stereocenters. The summed E-state index contributed by atoms with van der Waals surface area (Å²) in [6.07, 6.45) is 10.1. The predicted octanol–water partition coefficient (Wildman–Crippen LogP) is 4.53. The number of benzene rings is 3. The zero-order chi connectivity index (χ0) is 51.6. The van der Waals surface area contributed by atoms with Crippen molar-refractivity contribution >= 4 is 64.7 Å². The third-order valence-electron chi connectivity index (χ3n) is 11.3. The van der Waals surface area contributed by atoms with Crippen LogP contribution in [0.4, 0.5) is 0 Å². The Kier molecular flexibility index (Phi) is 21.7. The van der Waals surface area contributed by atoms with Crippen molar-refractivity contribution in [2.24, 2.45) is 24.4 Å². The number of nitrogens with zero attached hydrogens (tertiary/aromatic N) is 3. The van der Waals surface area contributed by atoms with Crippen LogP contribution in [0.25, 0.3) is 10.9 Å². The largest absolute Gasteiger partial charge is 0.494 e. The maximum atomic E-state index is 12.5. The van der Waals surface area contributed by atoms with E-state index in [1.807, 2.05) is 31.4 Å². The van der Waals surface area contributed by atoms with E-state index < -0.39 is 50.6 Å². The first-order chi connectivity index (χ1) is 33.1. The smallest absolute Gasteiger partial charge is 0.339 e. The number of unbranched alkanes of at least 4 members (excludes halogenated alkanes) is 2. The number of carbonyl (C=O) groups is 1. The quantitative estimate of drug-likeness (QED) is 0.0196. The highest BCUT2D eigenvalue weighted by Crippen LogP contribution is 2.49. The summed E-state index contributed by atoms with van der Waals surface area (Å²) in [5.41, 5.74) is 16.1. The number of ether oxygens (including phenoxy) is 4. The number of likely N-dealkylation sites (N-methyl/N-ethyl adjacent to an activating group) is 1. The molecule has 0 amide bonds. The lowest BCUT2D eigenvalue weighted by atomic mass is 9.69. The number of piperidine rings is 1. The van der Waals surface area contributed by atoms with Crippen LogP contribution in [-0.2, 0) is 48.8 Å². The van der Waals surface area contributed by atoms with Crippen LogP contribution in [0.1, 0.15) is 58.3 Å². The number of nitrogens with two attached hydrogens (primary N) is 2. The molecule has 1 saturated heterocycles. The molecule has 3 aromatic carbocycles. The summed E-state index contributed by atoms with van der Waals surface area (Å²) in [5.74, 6) is 0.357. The number of pyridine rings is 1. The number of aliphatic hydroxyl groups is 2. The van der Waals surface area contributed by atoms with E-state index in [-0.39, 0.29) is 29.6 Å².